The maximum Gasteiger partial charge on any atom is 0.128 e. The Kier molecular flexibility index (Phi) is 14.7. The van der Waals surface area contributed by atoms with Crippen LogP contribution in [0.5, 0.6) is 0 Å². The largest absolute Gasteiger partial charge is 0.516 e. The highest BCUT2D eigenvalue weighted by atomic mass is 16.5. The van der Waals surface area contributed by atoms with Crippen molar-refractivity contribution in [3.63, 3.8) is 0 Å². The summed E-state index contributed by atoms with van der Waals surface area (Å²) in [5, 5.41) is 20.5. The van der Waals surface area contributed by atoms with Gasteiger partial charge in [0, 0.05) is 13.2 Å². The van der Waals surface area contributed by atoms with Crippen LogP contribution < -0.4 is 0 Å². The van der Waals surface area contributed by atoms with Crippen LogP contribution in [0, 0.1) is 29.6 Å². The van der Waals surface area contributed by atoms with E-state index in [9.17, 15) is 10.2 Å². The lowest BCUT2D eigenvalue weighted by molar-refractivity contribution is 0.0159. The maximum absolute atomic E-state index is 10.8. The highest BCUT2D eigenvalue weighted by Crippen LogP contribution is 2.53. The summed E-state index contributed by atoms with van der Waals surface area (Å²) in [6.07, 6.45) is 19.8. The Morgan fingerprint density at radius 3 is 2.33 bits per heavy atom. The quantitative estimate of drug-likeness (QED) is 0.111. The van der Waals surface area contributed by atoms with Crippen LogP contribution in [-0.4, -0.2) is 63.2 Å². The lowest BCUT2D eigenvalue weighted by Gasteiger charge is -2.33. The van der Waals surface area contributed by atoms with E-state index in [-0.39, 0.29) is 6.10 Å². The molecule has 0 saturated heterocycles. The number of benzene rings is 1. The van der Waals surface area contributed by atoms with Gasteiger partial charge in [0.15, 0.2) is 0 Å². The summed E-state index contributed by atoms with van der Waals surface area (Å²) in [7, 11) is 1.15. The molecule has 2 N–H and O–H groups in total. The monoisotopic (exact) mass is 578 g/mol. The topological polar surface area (TPSA) is 68.2 Å². The Morgan fingerprint density at radius 2 is 1.57 bits per heavy atom. The van der Waals surface area contributed by atoms with Crippen molar-refractivity contribution in [1.82, 2.24) is 0 Å². The Balaban J connectivity index is 1.10. The normalized spacial score (nSPS) is 27.9. The summed E-state index contributed by atoms with van der Waals surface area (Å²) in [6.45, 7) is 6.17. The second-order valence-corrected chi connectivity index (χ2v) is 12.7. The third-order valence-corrected chi connectivity index (χ3v) is 10.0. The number of hydrogen-bond donors (Lipinski definition) is 2. The first-order valence-corrected chi connectivity index (χ1v) is 16.8. The van der Waals surface area contributed by atoms with Crippen molar-refractivity contribution >= 4 is 7.28 Å². The van der Waals surface area contributed by atoms with Gasteiger partial charge in [-0.05, 0) is 105 Å². The number of unbranched alkanes of at least 4 members (excludes halogenated alkanes) is 1. The van der Waals surface area contributed by atoms with E-state index in [2.05, 4.69) is 49.4 Å². The lowest BCUT2D eigenvalue weighted by Crippen LogP contribution is -2.28. The molecule has 0 heterocycles. The summed E-state index contributed by atoms with van der Waals surface area (Å²) in [5.74, 6) is 2.90. The molecule has 6 heteroatoms. The minimum atomic E-state index is -0.116. The van der Waals surface area contributed by atoms with E-state index in [1.165, 1.54) is 42.2 Å². The summed E-state index contributed by atoms with van der Waals surface area (Å²) in [4.78, 5) is 0. The van der Waals surface area contributed by atoms with Gasteiger partial charge in [-0.3, -0.25) is 0 Å². The molecule has 1 aromatic rings. The van der Waals surface area contributed by atoms with Gasteiger partial charge >= 0.3 is 0 Å². The van der Waals surface area contributed by atoms with E-state index in [0.717, 1.165) is 71.7 Å². The van der Waals surface area contributed by atoms with Gasteiger partial charge in [0.1, 0.15) is 7.28 Å². The van der Waals surface area contributed by atoms with Gasteiger partial charge in [0.25, 0.3) is 0 Å². The number of hydrogen-bond acceptors (Lipinski definition) is 5. The molecular weight excluding hydrogens is 523 g/mol. The molecule has 232 valence electrons. The van der Waals surface area contributed by atoms with Crippen molar-refractivity contribution in [2.75, 3.05) is 39.6 Å². The summed E-state index contributed by atoms with van der Waals surface area (Å²) >= 11 is 0. The minimum absolute atomic E-state index is 0.116. The Labute approximate surface area is 255 Å². The number of rotatable bonds is 18. The van der Waals surface area contributed by atoms with E-state index in [1.54, 1.807) is 0 Å². The van der Waals surface area contributed by atoms with Crippen LogP contribution in [0.1, 0.15) is 70.3 Å². The average Bonchev–Trinajstić information content (AvgIpc) is 3.17. The van der Waals surface area contributed by atoms with Crippen molar-refractivity contribution in [2.24, 2.45) is 29.6 Å². The molecular formula is C36H55BO5. The molecule has 0 aliphatic heterocycles. The van der Waals surface area contributed by atoms with Crippen molar-refractivity contribution in [1.29, 1.82) is 0 Å². The third kappa shape index (κ3) is 10.1. The van der Waals surface area contributed by atoms with Crippen molar-refractivity contribution in [3.8, 4) is 0 Å². The van der Waals surface area contributed by atoms with E-state index in [1.807, 2.05) is 6.08 Å². The third-order valence-electron chi connectivity index (χ3n) is 10.0. The van der Waals surface area contributed by atoms with Gasteiger partial charge in [-0.2, -0.15) is 0 Å². The fourth-order valence-corrected chi connectivity index (χ4v) is 7.99. The molecule has 5 nitrogen and oxygen atoms in total. The van der Waals surface area contributed by atoms with Crippen molar-refractivity contribution in [2.45, 2.75) is 83.5 Å². The molecule has 6 atom stereocenters. The molecule has 2 fully saturated rings. The zero-order valence-electron chi connectivity index (χ0n) is 26.0. The highest BCUT2D eigenvalue weighted by Gasteiger charge is 2.46. The first-order valence-electron chi connectivity index (χ1n) is 16.8. The summed E-state index contributed by atoms with van der Waals surface area (Å²) in [5.41, 5.74) is 4.13. The molecule has 0 radical (unpaired) electrons. The second kappa shape index (κ2) is 18.7. The SMILES string of the molecule is C/C=C\C1=C(/C=C/O)C[C@@H](CCCCOCCOCCOCCBCc2ccccc2)C2CC1CCC1C(O)CC[C@H]12. The van der Waals surface area contributed by atoms with E-state index >= 15 is 0 Å². The Morgan fingerprint density at radius 1 is 0.833 bits per heavy atom. The van der Waals surface area contributed by atoms with Crippen LogP contribution >= 0.6 is 0 Å². The van der Waals surface area contributed by atoms with Crippen LogP contribution in [-0.2, 0) is 20.5 Å². The fraction of sp³-hybridized carbons (Fsp3) is 0.667. The maximum atomic E-state index is 10.8. The van der Waals surface area contributed by atoms with Gasteiger partial charge in [0.2, 0.25) is 0 Å². The second-order valence-electron chi connectivity index (χ2n) is 12.7. The molecule has 3 aliphatic rings. The number of aliphatic hydroxyl groups is 2. The molecule has 42 heavy (non-hydrogen) atoms. The number of allylic oxidation sites excluding steroid dienone is 5. The van der Waals surface area contributed by atoms with Crippen LogP contribution in [0.4, 0.5) is 0 Å². The van der Waals surface area contributed by atoms with E-state index in [4.69, 9.17) is 14.2 Å². The van der Waals surface area contributed by atoms with Gasteiger partial charge in [0.05, 0.1) is 38.8 Å². The Bertz CT molecular complexity index is 976. The molecule has 2 saturated carbocycles. The molecule has 0 amide bonds. The molecule has 2 bridgehead atoms. The molecule has 0 spiro atoms. The van der Waals surface area contributed by atoms with E-state index < -0.39 is 0 Å². The predicted octanol–water partition coefficient (Wildman–Crippen LogP) is 7.03. The molecule has 4 rings (SSSR count). The van der Waals surface area contributed by atoms with Crippen LogP contribution in [0.2, 0.25) is 6.32 Å². The number of aliphatic hydroxyl groups excluding tert-OH is 2. The molecule has 0 aromatic heterocycles. The molecule has 1 aromatic carbocycles. The van der Waals surface area contributed by atoms with E-state index in [0.29, 0.717) is 56.0 Å². The fourth-order valence-electron chi connectivity index (χ4n) is 7.99. The van der Waals surface area contributed by atoms with Crippen LogP contribution in [0.25, 0.3) is 0 Å². The summed E-state index contributed by atoms with van der Waals surface area (Å²) in [6, 6.07) is 10.6. The number of fused-ring (bicyclic) bond motifs is 4. The summed E-state index contributed by atoms with van der Waals surface area (Å²) < 4.78 is 17.3. The van der Waals surface area contributed by atoms with Crippen molar-refractivity contribution in [3.05, 3.63) is 71.5 Å². The average molecular weight is 579 g/mol. The van der Waals surface area contributed by atoms with Crippen molar-refractivity contribution < 1.29 is 24.4 Å². The van der Waals surface area contributed by atoms with Gasteiger partial charge in [-0.15, -0.1) is 0 Å². The van der Waals surface area contributed by atoms with Gasteiger partial charge in [-0.25, -0.2) is 0 Å². The zero-order chi connectivity index (χ0) is 29.4. The predicted molar refractivity (Wildman–Crippen MR) is 173 cm³/mol. The Hall–Kier alpha value is -1.86. The van der Waals surface area contributed by atoms with Gasteiger partial charge < -0.3 is 24.4 Å². The minimum Gasteiger partial charge on any atom is -0.516 e. The first-order chi connectivity index (χ1) is 20.7. The first kappa shape index (κ1) is 33.0. The number of ether oxygens (including phenoxy) is 3. The van der Waals surface area contributed by atoms with Gasteiger partial charge in [-0.1, -0.05) is 67.1 Å². The standard InChI is InChI=1S/C36H55BO5/c1-2-8-32-30-12-13-34-33(14-15-36(34)39)35(26-30)29(25-31(32)16-18-38)11-6-7-19-40-21-23-42-24-22-41-20-17-37-27-28-9-4-3-5-10-28/h2-5,8-10,16,18,29-30,33-39H,6-7,11-15,17,19-27H2,1H3/b8-2-,18-16+/t29-,30?,33-,34?,35?,36?/m1/s1. The smallest absolute Gasteiger partial charge is 0.128 e. The highest BCUT2D eigenvalue weighted by molar-refractivity contribution is 6.34. The molecule has 3 aliphatic carbocycles. The molecule has 4 unspecified atom stereocenters. The lowest BCUT2D eigenvalue weighted by atomic mass is 9.69. The zero-order valence-corrected chi connectivity index (χ0v) is 26.0. The van der Waals surface area contributed by atoms with Crippen LogP contribution in [0.3, 0.4) is 0 Å². The van der Waals surface area contributed by atoms with Crippen LogP contribution in [0.15, 0.2) is 66.0 Å².